The summed E-state index contributed by atoms with van der Waals surface area (Å²) in [5, 5.41) is 10.4. The van der Waals surface area contributed by atoms with E-state index in [0.717, 1.165) is 0 Å². The van der Waals surface area contributed by atoms with Gasteiger partial charge in [0.2, 0.25) is 0 Å². The van der Waals surface area contributed by atoms with E-state index in [1.165, 1.54) is 17.2 Å². The molecule has 2 aromatic heterocycles. The third kappa shape index (κ3) is 2.82. The predicted molar refractivity (Wildman–Crippen MR) is 78.2 cm³/mol. The Morgan fingerprint density at radius 1 is 1.43 bits per heavy atom. The zero-order valence-corrected chi connectivity index (χ0v) is 14.9. The Balaban J connectivity index is 0.00000104. The molecule has 0 saturated carbocycles. The van der Waals surface area contributed by atoms with Crippen LogP contribution >= 0.6 is 7.82 Å². The number of aliphatic hydroxyl groups excluding tert-OH is 1. The van der Waals surface area contributed by atoms with Crippen LogP contribution in [0.15, 0.2) is 12.7 Å². The van der Waals surface area contributed by atoms with Crippen LogP contribution in [0.3, 0.4) is 0 Å². The Hall–Kier alpha value is -0.620. The van der Waals surface area contributed by atoms with E-state index >= 15 is 0 Å². The molecule has 0 amide bonds. The molecule has 23 heavy (non-hydrogen) atoms. The van der Waals surface area contributed by atoms with Gasteiger partial charge in [0.1, 0.15) is 30.2 Å². The molecule has 1 radical (unpaired) electrons. The molecule has 2 saturated heterocycles. The molecule has 4 heterocycles. The number of phosphoric ester groups is 1. The van der Waals surface area contributed by atoms with E-state index in [1.807, 2.05) is 0 Å². The number of rotatable bonds is 1. The van der Waals surface area contributed by atoms with Crippen molar-refractivity contribution in [2.24, 2.45) is 0 Å². The van der Waals surface area contributed by atoms with Crippen LogP contribution in [-0.2, 0) is 18.3 Å². The van der Waals surface area contributed by atoms with Crippen LogP contribution in [0.25, 0.3) is 11.2 Å². The number of fused-ring (bicyclic) bond motifs is 2. The average molecular weight is 354 g/mol. The Labute approximate surface area is 153 Å². The van der Waals surface area contributed by atoms with E-state index in [1.54, 1.807) is 0 Å². The van der Waals surface area contributed by atoms with Crippen LogP contribution in [0, 0.1) is 0 Å². The maximum Gasteiger partial charge on any atom is 0.472 e. The molecule has 0 spiro atoms. The standard InChI is InChI=1S/C10H12N5O6P.Na.H2/c11-8-5-9(13-2-12-8)15(3-14-5)10-6(16)7-4(20-10)1-19-22(17,18)21-7;;/h2-4,6-7,10,16H,1H2,(H,17,18)(H2,11,12,13);;1H/t4-,6-,7-,10-;;/m1../s1. The fraction of sp³-hybridized carbons (Fsp3) is 0.500. The smallest absolute Gasteiger partial charge is 0.386 e. The van der Waals surface area contributed by atoms with Crippen LogP contribution in [0.5, 0.6) is 0 Å². The molecular weight excluding hydrogens is 340 g/mol. The van der Waals surface area contributed by atoms with Gasteiger partial charge in [0.05, 0.1) is 12.9 Å². The van der Waals surface area contributed by atoms with Crippen molar-refractivity contribution >= 4 is 54.4 Å². The van der Waals surface area contributed by atoms with E-state index in [-0.39, 0.29) is 43.4 Å². The van der Waals surface area contributed by atoms with Gasteiger partial charge < -0.3 is 20.5 Å². The molecule has 2 aliphatic rings. The number of nitrogens with two attached hydrogens (primary N) is 1. The van der Waals surface area contributed by atoms with E-state index in [9.17, 15) is 14.6 Å². The van der Waals surface area contributed by atoms with Gasteiger partial charge in [-0.2, -0.15) is 0 Å². The summed E-state index contributed by atoms with van der Waals surface area (Å²) in [5.74, 6) is 0.202. The fourth-order valence-electron chi connectivity index (χ4n) is 2.62. The third-order valence-electron chi connectivity index (χ3n) is 3.63. The average Bonchev–Trinajstić information content (AvgIpc) is 3.01. The largest absolute Gasteiger partial charge is 0.472 e. The number of nitrogens with zero attached hydrogens (tertiary/aromatic N) is 4. The SMILES string of the molecule is Nc1ncnc2c1ncn2[C@@H]1O[C@@H]2COP(=O)(O)O[C@H]2[C@H]1O.[HH].[Na]. The van der Waals surface area contributed by atoms with Crippen molar-refractivity contribution in [2.45, 2.75) is 24.5 Å². The summed E-state index contributed by atoms with van der Waals surface area (Å²) in [5.41, 5.74) is 6.46. The molecule has 4 rings (SSSR count). The number of nitrogen functional groups attached to an aromatic ring is 1. The summed E-state index contributed by atoms with van der Waals surface area (Å²) in [6.07, 6.45) is -1.07. The summed E-state index contributed by atoms with van der Waals surface area (Å²) in [4.78, 5) is 21.3. The van der Waals surface area contributed by atoms with Crippen LogP contribution < -0.4 is 5.73 Å². The Kier molecular flexibility index (Phi) is 4.51. The zero-order chi connectivity index (χ0) is 15.5. The maximum atomic E-state index is 11.5. The summed E-state index contributed by atoms with van der Waals surface area (Å²) in [6, 6.07) is 0. The molecule has 0 bridgehead atoms. The number of aliphatic hydroxyl groups is 1. The molecule has 0 aromatic carbocycles. The zero-order valence-electron chi connectivity index (χ0n) is 12.0. The Morgan fingerprint density at radius 2 is 2.22 bits per heavy atom. The van der Waals surface area contributed by atoms with Crippen molar-refractivity contribution in [3.05, 3.63) is 12.7 Å². The van der Waals surface area contributed by atoms with Crippen molar-refractivity contribution < 1.29 is 29.8 Å². The van der Waals surface area contributed by atoms with E-state index in [0.29, 0.717) is 11.2 Å². The van der Waals surface area contributed by atoms with E-state index < -0.39 is 32.4 Å². The molecule has 1 unspecified atom stereocenters. The number of anilines is 1. The first-order chi connectivity index (χ1) is 10.5. The molecule has 5 atom stereocenters. The quantitative estimate of drug-likeness (QED) is 0.431. The minimum Gasteiger partial charge on any atom is -0.386 e. The Morgan fingerprint density at radius 3 is 3.00 bits per heavy atom. The molecule has 4 N–H and O–H groups in total. The maximum absolute atomic E-state index is 11.5. The molecule has 121 valence electrons. The first-order valence-electron chi connectivity index (χ1n) is 6.38. The molecule has 0 aliphatic carbocycles. The summed E-state index contributed by atoms with van der Waals surface area (Å²) >= 11 is 0. The van der Waals surface area contributed by atoms with Crippen molar-refractivity contribution in [1.29, 1.82) is 0 Å². The Bertz CT molecular complexity index is 794. The van der Waals surface area contributed by atoms with Gasteiger partial charge in [-0.1, -0.05) is 0 Å². The van der Waals surface area contributed by atoms with Crippen LogP contribution in [-0.4, -0.2) is 84.0 Å². The first-order valence-corrected chi connectivity index (χ1v) is 7.88. The van der Waals surface area contributed by atoms with Crippen molar-refractivity contribution in [1.82, 2.24) is 19.5 Å². The summed E-state index contributed by atoms with van der Waals surface area (Å²) in [6.45, 7) is -0.157. The molecule has 13 heteroatoms. The first kappa shape index (κ1) is 17.2. The predicted octanol–water partition coefficient (Wildman–Crippen LogP) is -0.952. The monoisotopic (exact) mass is 354 g/mol. The summed E-state index contributed by atoms with van der Waals surface area (Å²) < 4.78 is 28.2. The fourth-order valence-corrected chi connectivity index (χ4v) is 3.59. The minimum absolute atomic E-state index is 0. The van der Waals surface area contributed by atoms with Gasteiger partial charge in [-0.15, -0.1) is 0 Å². The second-order valence-electron chi connectivity index (χ2n) is 4.97. The molecular formula is C10H14N5NaO6P. The van der Waals surface area contributed by atoms with Crippen LogP contribution in [0.4, 0.5) is 5.82 Å². The van der Waals surface area contributed by atoms with Gasteiger partial charge in [-0.05, 0) is 0 Å². The van der Waals surface area contributed by atoms with Gasteiger partial charge >= 0.3 is 7.82 Å². The van der Waals surface area contributed by atoms with Gasteiger partial charge in [0.15, 0.2) is 17.7 Å². The van der Waals surface area contributed by atoms with Gasteiger partial charge in [-0.25, -0.2) is 19.5 Å². The molecule has 11 nitrogen and oxygen atoms in total. The number of imidazole rings is 1. The second kappa shape index (κ2) is 6.03. The third-order valence-corrected chi connectivity index (χ3v) is 4.61. The minimum atomic E-state index is -4.16. The number of hydrogen-bond acceptors (Lipinski definition) is 9. The van der Waals surface area contributed by atoms with Gasteiger partial charge in [-0.3, -0.25) is 13.6 Å². The van der Waals surface area contributed by atoms with Gasteiger partial charge in [0, 0.05) is 31.0 Å². The molecule has 2 aliphatic heterocycles. The second-order valence-corrected chi connectivity index (χ2v) is 6.38. The van der Waals surface area contributed by atoms with E-state index in [4.69, 9.17) is 15.0 Å². The number of ether oxygens (including phenoxy) is 1. The van der Waals surface area contributed by atoms with Crippen molar-refractivity contribution in [2.75, 3.05) is 12.3 Å². The van der Waals surface area contributed by atoms with Crippen LogP contribution in [0.1, 0.15) is 7.65 Å². The number of phosphoric acid groups is 1. The molecule has 2 aromatic rings. The summed E-state index contributed by atoms with van der Waals surface area (Å²) in [7, 11) is -4.16. The van der Waals surface area contributed by atoms with Crippen LogP contribution in [0.2, 0.25) is 0 Å². The number of hydrogen-bond donors (Lipinski definition) is 3. The van der Waals surface area contributed by atoms with Gasteiger partial charge in [0.25, 0.3) is 0 Å². The van der Waals surface area contributed by atoms with Crippen molar-refractivity contribution in [3.63, 3.8) is 0 Å². The van der Waals surface area contributed by atoms with Crippen molar-refractivity contribution in [3.8, 4) is 0 Å². The van der Waals surface area contributed by atoms with E-state index in [2.05, 4.69) is 19.5 Å². The molecule has 2 fully saturated rings. The number of aromatic nitrogens is 4. The normalized spacial score (nSPS) is 36.6. The topological polar surface area (TPSA) is 155 Å².